The van der Waals surface area contributed by atoms with Gasteiger partial charge in [-0.2, -0.15) is 31.4 Å². The molecule has 9 nitrogen and oxygen atoms in total. The van der Waals surface area contributed by atoms with E-state index >= 15 is 0 Å². The highest BCUT2D eigenvalue weighted by Crippen LogP contribution is 2.40. The van der Waals surface area contributed by atoms with Crippen LogP contribution in [0.2, 0.25) is 0 Å². The zero-order chi connectivity index (χ0) is 36.9. The van der Waals surface area contributed by atoms with Crippen LogP contribution in [0.1, 0.15) is 95.2 Å². The van der Waals surface area contributed by atoms with E-state index in [1.165, 1.54) is 0 Å². The Morgan fingerprint density at radius 1 is 0.863 bits per heavy atom. The molecule has 1 aliphatic carbocycles. The average molecular weight is 723 g/mol. The molecule has 1 aromatic carbocycles. The molecule has 5 rings (SSSR count). The summed E-state index contributed by atoms with van der Waals surface area (Å²) in [4.78, 5) is 38.9. The lowest BCUT2D eigenvalue weighted by Gasteiger charge is -2.49. The van der Waals surface area contributed by atoms with Crippen LogP contribution >= 0.6 is 0 Å². The molecule has 1 unspecified atom stereocenters. The number of aromatic nitrogens is 4. The summed E-state index contributed by atoms with van der Waals surface area (Å²) in [5.74, 6) is -0.0333. The van der Waals surface area contributed by atoms with E-state index < -0.39 is 29.5 Å². The van der Waals surface area contributed by atoms with Crippen molar-refractivity contribution in [2.45, 2.75) is 116 Å². The number of carbonyl (C=O) groups is 2. The van der Waals surface area contributed by atoms with Gasteiger partial charge in [0.1, 0.15) is 0 Å². The number of hydrogen-bond donors (Lipinski definition) is 1. The summed E-state index contributed by atoms with van der Waals surface area (Å²) in [6.07, 6.45) is 1.54. The van der Waals surface area contributed by atoms with Gasteiger partial charge in [0.2, 0.25) is 11.9 Å². The highest BCUT2D eigenvalue weighted by atomic mass is 19.4. The van der Waals surface area contributed by atoms with Crippen LogP contribution in [0.25, 0.3) is 11.1 Å². The molecule has 3 heterocycles. The number of hydrogen-bond acceptors (Lipinski definition) is 7. The maximum absolute atomic E-state index is 14.1. The molecule has 1 saturated heterocycles. The number of ether oxygens (including phenoxy) is 1. The number of amides is 1. The van der Waals surface area contributed by atoms with E-state index in [4.69, 9.17) is 4.74 Å². The van der Waals surface area contributed by atoms with E-state index in [0.29, 0.717) is 62.7 Å². The highest BCUT2D eigenvalue weighted by Gasteiger charge is 2.43. The first-order valence-corrected chi connectivity index (χ1v) is 17.6. The molecule has 0 spiro atoms. The first-order chi connectivity index (χ1) is 24.2. The summed E-state index contributed by atoms with van der Waals surface area (Å²) in [7, 11) is 0. The van der Waals surface area contributed by atoms with Crippen molar-refractivity contribution >= 4 is 17.8 Å². The fraction of sp³-hybridized carbons (Fsp3) is 0.583. The van der Waals surface area contributed by atoms with E-state index in [2.05, 4.69) is 20.2 Å². The van der Waals surface area contributed by atoms with Crippen LogP contribution < -0.4 is 4.90 Å². The third-order valence-corrected chi connectivity index (χ3v) is 10.2. The number of nitrogens with one attached hydrogen (secondary N) is 1. The Labute approximate surface area is 293 Å². The van der Waals surface area contributed by atoms with Crippen LogP contribution in [-0.4, -0.2) is 61.7 Å². The Morgan fingerprint density at radius 3 is 1.94 bits per heavy atom. The van der Waals surface area contributed by atoms with Gasteiger partial charge in [-0.15, -0.1) is 0 Å². The number of halogens is 6. The number of piperidine rings is 1. The Kier molecular flexibility index (Phi) is 12.0. The number of esters is 1. The Balaban J connectivity index is 1.43. The number of rotatable bonds is 11. The van der Waals surface area contributed by atoms with E-state index in [-0.39, 0.29) is 59.9 Å². The Morgan fingerprint density at radius 2 is 1.45 bits per heavy atom. The van der Waals surface area contributed by atoms with Crippen molar-refractivity contribution in [2.75, 3.05) is 11.5 Å². The Hall–Kier alpha value is -4.17. The fourth-order valence-electron chi connectivity index (χ4n) is 7.57. The molecular formula is C36H44F6N6O3. The molecule has 51 heavy (non-hydrogen) atoms. The minimum Gasteiger partial charge on any atom is -0.466 e. The molecule has 2 aromatic heterocycles. The zero-order valence-corrected chi connectivity index (χ0v) is 28.9. The predicted octanol–water partition coefficient (Wildman–Crippen LogP) is 8.22. The molecule has 15 heteroatoms. The van der Waals surface area contributed by atoms with Gasteiger partial charge in [-0.1, -0.05) is 13.8 Å². The summed E-state index contributed by atoms with van der Waals surface area (Å²) in [6, 6.07) is 0.768. The molecule has 278 valence electrons. The standard InChI is InChI=1S/C36H44F6N6O3/c1-4-29-15-31(16-30(5-2)48(29)33(50)24-9-7-22(8-10-24)13-32(49)51-6-3)47(34-43-17-25(18-44-34)26-19-45-46-20-26)21-23-11-27(35(37,38)39)14-28(12-23)36(40,41)42/h11-12,14,17-20,22,24,29-31H,4-10,13,15-16,21H2,1-3H3,(H,45,46)/t22-,24-,29-,30+,31?. The second-order valence-electron chi connectivity index (χ2n) is 13.5. The van der Waals surface area contributed by atoms with Crippen LogP contribution in [0.15, 0.2) is 43.0 Å². The van der Waals surface area contributed by atoms with Gasteiger partial charge in [0.15, 0.2) is 0 Å². The molecule has 1 saturated carbocycles. The van der Waals surface area contributed by atoms with Crippen LogP contribution in [-0.2, 0) is 33.2 Å². The van der Waals surface area contributed by atoms with Crippen molar-refractivity contribution in [2.24, 2.45) is 11.8 Å². The third-order valence-electron chi connectivity index (χ3n) is 10.2. The van der Waals surface area contributed by atoms with Crippen molar-refractivity contribution in [3.63, 3.8) is 0 Å². The third kappa shape index (κ3) is 9.20. The minimum absolute atomic E-state index is 0.0571. The van der Waals surface area contributed by atoms with Crippen LogP contribution in [0.3, 0.4) is 0 Å². The van der Waals surface area contributed by atoms with Crippen molar-refractivity contribution in [1.82, 2.24) is 25.1 Å². The molecule has 3 atom stereocenters. The van der Waals surface area contributed by atoms with Crippen LogP contribution in [0.5, 0.6) is 0 Å². The molecule has 3 aromatic rings. The molecule has 2 aliphatic rings. The number of H-pyrrole nitrogens is 1. The van der Waals surface area contributed by atoms with Gasteiger partial charge < -0.3 is 14.5 Å². The number of carbonyl (C=O) groups excluding carboxylic acids is 2. The maximum Gasteiger partial charge on any atom is 0.416 e. The topological polar surface area (TPSA) is 104 Å². The number of aromatic amines is 1. The average Bonchev–Trinajstić information content (AvgIpc) is 3.65. The van der Waals surface area contributed by atoms with Crippen molar-refractivity contribution in [3.8, 4) is 11.1 Å². The lowest BCUT2D eigenvalue weighted by atomic mass is 9.78. The quantitative estimate of drug-likeness (QED) is 0.157. The van der Waals surface area contributed by atoms with Gasteiger partial charge in [-0.05, 0) is 88.0 Å². The van der Waals surface area contributed by atoms with Gasteiger partial charge in [0.25, 0.3) is 0 Å². The molecule has 0 radical (unpaired) electrons. The first-order valence-electron chi connectivity index (χ1n) is 17.6. The van der Waals surface area contributed by atoms with E-state index in [1.807, 2.05) is 18.7 Å². The molecule has 1 amide bonds. The van der Waals surface area contributed by atoms with E-state index in [1.54, 1.807) is 36.6 Å². The first kappa shape index (κ1) is 38.1. The van der Waals surface area contributed by atoms with Gasteiger partial charge in [0, 0.05) is 66.7 Å². The largest absolute Gasteiger partial charge is 0.466 e. The van der Waals surface area contributed by atoms with Crippen LogP contribution in [0.4, 0.5) is 32.3 Å². The maximum atomic E-state index is 14.1. The smallest absolute Gasteiger partial charge is 0.416 e. The number of alkyl halides is 6. The summed E-state index contributed by atoms with van der Waals surface area (Å²) in [6.45, 7) is 5.73. The minimum atomic E-state index is -4.99. The number of likely N-dealkylation sites (tertiary alicyclic amines) is 1. The van der Waals surface area contributed by atoms with Gasteiger partial charge in [-0.25, -0.2) is 9.97 Å². The van der Waals surface area contributed by atoms with E-state index in [0.717, 1.165) is 25.0 Å². The normalized spacial score (nSPS) is 22.8. The second kappa shape index (κ2) is 16.0. The van der Waals surface area contributed by atoms with E-state index in [9.17, 15) is 35.9 Å². The van der Waals surface area contributed by atoms with Gasteiger partial charge in [0.05, 0.1) is 23.9 Å². The summed E-state index contributed by atoms with van der Waals surface area (Å²) in [5.41, 5.74) is -1.63. The summed E-state index contributed by atoms with van der Waals surface area (Å²) >= 11 is 0. The molecule has 1 N–H and O–H groups in total. The molecular weight excluding hydrogens is 678 g/mol. The number of benzene rings is 1. The number of anilines is 1. The molecule has 1 aliphatic heterocycles. The summed E-state index contributed by atoms with van der Waals surface area (Å²) in [5, 5.41) is 6.64. The summed E-state index contributed by atoms with van der Waals surface area (Å²) < 4.78 is 88.1. The van der Waals surface area contributed by atoms with Gasteiger partial charge in [-0.3, -0.25) is 14.7 Å². The molecule has 0 bridgehead atoms. The van der Waals surface area contributed by atoms with Crippen molar-refractivity contribution < 1.29 is 40.7 Å². The monoisotopic (exact) mass is 722 g/mol. The SMILES string of the molecule is CCOC(=O)C[C@H]1CC[C@H](C(=O)N2[C@H](CC)CC(N(Cc3cc(C(F)(F)F)cc(C(F)(F)F)c3)c3ncc(-c4cn[nH]c4)cn3)C[C@@H]2CC)CC1. The van der Waals surface area contributed by atoms with Crippen molar-refractivity contribution in [3.05, 3.63) is 59.7 Å². The second-order valence-corrected chi connectivity index (χ2v) is 13.5. The lowest BCUT2D eigenvalue weighted by Crippen LogP contribution is -2.58. The highest BCUT2D eigenvalue weighted by molar-refractivity contribution is 5.80. The number of nitrogens with zero attached hydrogens (tertiary/aromatic N) is 5. The van der Waals surface area contributed by atoms with Crippen LogP contribution in [0, 0.1) is 11.8 Å². The fourth-order valence-corrected chi connectivity index (χ4v) is 7.57. The van der Waals surface area contributed by atoms with Crippen molar-refractivity contribution in [1.29, 1.82) is 0 Å². The predicted molar refractivity (Wildman–Crippen MR) is 177 cm³/mol. The zero-order valence-electron chi connectivity index (χ0n) is 28.9. The van der Waals surface area contributed by atoms with Gasteiger partial charge >= 0.3 is 18.3 Å². The molecule has 2 fully saturated rings. The Bertz CT molecular complexity index is 1560. The lowest BCUT2D eigenvalue weighted by molar-refractivity contribution is -0.146.